The van der Waals surface area contributed by atoms with E-state index in [2.05, 4.69) is 5.32 Å². The third-order valence-electron chi connectivity index (χ3n) is 5.51. The standard InChI is InChI=1S/C19H26N2O5S/c22-17(20-19(18(23)24)11-1-2-12-19)10-7-15-5-8-16(9-6-15)27(25,26)21-13-3-4-14-21/h5-6,8-9H,1-4,7,10-14H2,(H,20,22)(H,23,24). The van der Waals surface area contributed by atoms with Gasteiger partial charge in [-0.15, -0.1) is 0 Å². The van der Waals surface area contributed by atoms with Crippen LogP contribution in [0.4, 0.5) is 0 Å². The molecule has 1 aromatic carbocycles. The molecule has 0 atom stereocenters. The summed E-state index contributed by atoms with van der Waals surface area (Å²) in [5, 5.41) is 12.1. The van der Waals surface area contributed by atoms with Crippen LogP contribution in [0.5, 0.6) is 0 Å². The number of nitrogens with one attached hydrogen (secondary N) is 1. The number of rotatable bonds is 7. The zero-order valence-electron chi connectivity index (χ0n) is 15.3. The van der Waals surface area contributed by atoms with Crippen molar-refractivity contribution in [2.45, 2.75) is 61.8 Å². The largest absolute Gasteiger partial charge is 0.480 e. The Labute approximate surface area is 159 Å². The molecule has 0 radical (unpaired) electrons. The molecule has 1 saturated heterocycles. The molecule has 0 bridgehead atoms. The maximum absolute atomic E-state index is 12.5. The SMILES string of the molecule is O=C(CCc1ccc(S(=O)(=O)N2CCCC2)cc1)NC1(C(=O)O)CCCC1. The minimum atomic E-state index is -3.43. The minimum Gasteiger partial charge on any atom is -0.480 e. The van der Waals surface area contributed by atoms with Gasteiger partial charge in [0.1, 0.15) is 5.54 Å². The number of benzene rings is 1. The van der Waals surface area contributed by atoms with E-state index in [1.165, 1.54) is 4.31 Å². The van der Waals surface area contributed by atoms with Gasteiger partial charge in [-0.2, -0.15) is 4.31 Å². The van der Waals surface area contributed by atoms with Crippen LogP contribution in [0.3, 0.4) is 0 Å². The average molecular weight is 394 g/mol. The van der Waals surface area contributed by atoms with E-state index in [4.69, 9.17) is 0 Å². The third kappa shape index (κ3) is 4.32. The van der Waals surface area contributed by atoms with E-state index in [-0.39, 0.29) is 17.2 Å². The molecule has 0 aromatic heterocycles. The summed E-state index contributed by atoms with van der Waals surface area (Å²) in [6.45, 7) is 1.13. The first-order valence-electron chi connectivity index (χ1n) is 9.47. The third-order valence-corrected chi connectivity index (χ3v) is 7.42. The lowest BCUT2D eigenvalue weighted by Gasteiger charge is -2.25. The van der Waals surface area contributed by atoms with Crippen LogP contribution in [0.2, 0.25) is 0 Å². The molecule has 0 unspecified atom stereocenters. The van der Waals surface area contributed by atoms with E-state index in [0.29, 0.717) is 32.4 Å². The Hall–Kier alpha value is -1.93. The summed E-state index contributed by atoms with van der Waals surface area (Å²) in [7, 11) is -3.43. The molecular formula is C19H26N2O5S. The van der Waals surface area contributed by atoms with Crippen LogP contribution >= 0.6 is 0 Å². The Morgan fingerprint density at radius 3 is 2.19 bits per heavy atom. The summed E-state index contributed by atoms with van der Waals surface area (Å²) >= 11 is 0. The van der Waals surface area contributed by atoms with Crippen LogP contribution in [0.15, 0.2) is 29.2 Å². The Morgan fingerprint density at radius 1 is 1.04 bits per heavy atom. The molecule has 1 amide bonds. The van der Waals surface area contributed by atoms with E-state index >= 15 is 0 Å². The number of carbonyl (C=O) groups is 2. The molecule has 1 aliphatic carbocycles. The molecule has 2 aliphatic rings. The Morgan fingerprint density at radius 2 is 1.63 bits per heavy atom. The van der Waals surface area contributed by atoms with Crippen LogP contribution in [0, 0.1) is 0 Å². The van der Waals surface area contributed by atoms with Gasteiger partial charge in [-0.1, -0.05) is 25.0 Å². The minimum absolute atomic E-state index is 0.174. The van der Waals surface area contributed by atoms with Crippen molar-refractivity contribution in [3.05, 3.63) is 29.8 Å². The van der Waals surface area contributed by atoms with Gasteiger partial charge in [0.05, 0.1) is 4.90 Å². The maximum Gasteiger partial charge on any atom is 0.329 e. The van der Waals surface area contributed by atoms with Crippen LogP contribution in [-0.2, 0) is 26.0 Å². The number of amides is 1. The highest BCUT2D eigenvalue weighted by molar-refractivity contribution is 7.89. The number of sulfonamides is 1. The highest BCUT2D eigenvalue weighted by atomic mass is 32.2. The zero-order chi connectivity index (χ0) is 19.5. The van der Waals surface area contributed by atoms with E-state index in [9.17, 15) is 23.1 Å². The fraction of sp³-hybridized carbons (Fsp3) is 0.579. The second-order valence-electron chi connectivity index (χ2n) is 7.40. The molecule has 2 fully saturated rings. The molecule has 27 heavy (non-hydrogen) atoms. The lowest BCUT2D eigenvalue weighted by molar-refractivity contribution is -0.147. The summed E-state index contributed by atoms with van der Waals surface area (Å²) < 4.78 is 26.5. The normalized spacial score (nSPS) is 19.9. The highest BCUT2D eigenvalue weighted by Crippen LogP contribution is 2.30. The molecule has 148 valence electrons. The monoisotopic (exact) mass is 394 g/mol. The van der Waals surface area contributed by atoms with E-state index in [1.54, 1.807) is 24.3 Å². The highest BCUT2D eigenvalue weighted by Gasteiger charge is 2.42. The van der Waals surface area contributed by atoms with Crippen molar-refractivity contribution in [1.82, 2.24) is 9.62 Å². The molecule has 8 heteroatoms. The first kappa shape index (κ1) is 19.8. The molecule has 2 N–H and O–H groups in total. The van der Waals surface area contributed by atoms with Gasteiger partial charge in [0, 0.05) is 19.5 Å². The van der Waals surface area contributed by atoms with Crippen molar-refractivity contribution >= 4 is 21.9 Å². The van der Waals surface area contributed by atoms with Crippen LogP contribution in [0.1, 0.15) is 50.5 Å². The Bertz CT molecular complexity index is 792. The molecule has 0 spiro atoms. The van der Waals surface area contributed by atoms with Crippen LogP contribution in [0.25, 0.3) is 0 Å². The number of carbonyl (C=O) groups excluding carboxylic acids is 1. The summed E-state index contributed by atoms with van der Waals surface area (Å²) in [6.07, 6.45) is 4.95. The topological polar surface area (TPSA) is 104 Å². The van der Waals surface area contributed by atoms with Crippen LogP contribution in [-0.4, -0.2) is 48.3 Å². The van der Waals surface area contributed by atoms with E-state index in [0.717, 1.165) is 31.2 Å². The van der Waals surface area contributed by atoms with Crippen molar-refractivity contribution < 1.29 is 23.1 Å². The number of carboxylic acids is 1. The van der Waals surface area contributed by atoms with Crippen molar-refractivity contribution in [2.24, 2.45) is 0 Å². The fourth-order valence-corrected chi connectivity index (χ4v) is 5.38. The predicted molar refractivity (Wildman–Crippen MR) is 99.7 cm³/mol. The number of hydrogen-bond acceptors (Lipinski definition) is 4. The second kappa shape index (κ2) is 7.98. The summed E-state index contributed by atoms with van der Waals surface area (Å²) in [5.74, 6) is -1.25. The first-order chi connectivity index (χ1) is 12.8. The molecule has 7 nitrogen and oxygen atoms in total. The lowest BCUT2D eigenvalue weighted by Crippen LogP contribution is -2.52. The Kier molecular flexibility index (Phi) is 5.86. The summed E-state index contributed by atoms with van der Waals surface area (Å²) in [5.41, 5.74) is -0.272. The summed E-state index contributed by atoms with van der Waals surface area (Å²) in [6, 6.07) is 6.60. The van der Waals surface area contributed by atoms with Gasteiger partial charge in [0.15, 0.2) is 0 Å². The number of hydrogen-bond donors (Lipinski definition) is 2. The quantitative estimate of drug-likeness (QED) is 0.735. The molecule has 1 saturated carbocycles. The smallest absolute Gasteiger partial charge is 0.329 e. The number of carboxylic acid groups (broad SMARTS) is 1. The molecule has 3 rings (SSSR count). The fourth-order valence-electron chi connectivity index (χ4n) is 3.86. The first-order valence-corrected chi connectivity index (χ1v) is 10.9. The van der Waals surface area contributed by atoms with Gasteiger partial charge < -0.3 is 10.4 Å². The number of nitrogens with zero attached hydrogens (tertiary/aromatic N) is 1. The van der Waals surface area contributed by atoms with E-state index < -0.39 is 21.5 Å². The summed E-state index contributed by atoms with van der Waals surface area (Å²) in [4.78, 5) is 24.0. The maximum atomic E-state index is 12.5. The van der Waals surface area contributed by atoms with Gasteiger partial charge in [0.25, 0.3) is 0 Å². The predicted octanol–water partition coefficient (Wildman–Crippen LogP) is 1.92. The van der Waals surface area contributed by atoms with Crippen molar-refractivity contribution in [3.63, 3.8) is 0 Å². The molecule has 1 heterocycles. The lowest BCUT2D eigenvalue weighted by atomic mass is 9.97. The second-order valence-corrected chi connectivity index (χ2v) is 9.34. The zero-order valence-corrected chi connectivity index (χ0v) is 16.1. The molecule has 1 aromatic rings. The van der Waals surface area contributed by atoms with Gasteiger partial charge in [-0.05, 0) is 49.8 Å². The Balaban J connectivity index is 1.57. The van der Waals surface area contributed by atoms with Gasteiger partial charge in [0.2, 0.25) is 15.9 Å². The van der Waals surface area contributed by atoms with Crippen molar-refractivity contribution in [3.8, 4) is 0 Å². The molecule has 1 aliphatic heterocycles. The number of aryl methyl sites for hydroxylation is 1. The van der Waals surface area contributed by atoms with Gasteiger partial charge in [-0.25, -0.2) is 13.2 Å². The van der Waals surface area contributed by atoms with Crippen LogP contribution < -0.4 is 5.32 Å². The number of aliphatic carboxylic acids is 1. The van der Waals surface area contributed by atoms with Gasteiger partial charge >= 0.3 is 5.97 Å². The van der Waals surface area contributed by atoms with Crippen molar-refractivity contribution in [2.75, 3.05) is 13.1 Å². The molecular weight excluding hydrogens is 368 g/mol. The van der Waals surface area contributed by atoms with E-state index in [1.807, 2.05) is 0 Å². The van der Waals surface area contributed by atoms with Gasteiger partial charge in [-0.3, -0.25) is 4.79 Å². The average Bonchev–Trinajstić information content (AvgIpc) is 3.33. The van der Waals surface area contributed by atoms with Crippen molar-refractivity contribution in [1.29, 1.82) is 0 Å².